The molecule has 1 amide bonds. The van der Waals surface area contributed by atoms with Gasteiger partial charge in [0.05, 0.1) is 5.75 Å². The van der Waals surface area contributed by atoms with Gasteiger partial charge in [0.25, 0.3) is 5.82 Å². The number of hydrogen-bond donors (Lipinski definition) is 1. The molecule has 0 fully saturated rings. The number of rotatable bonds is 4. The summed E-state index contributed by atoms with van der Waals surface area (Å²) in [5.41, 5.74) is 0.630. The highest BCUT2D eigenvalue weighted by Gasteiger charge is 2.37. The predicted octanol–water partition coefficient (Wildman–Crippen LogP) is 2.87. The van der Waals surface area contributed by atoms with E-state index < -0.39 is 12.0 Å². The zero-order valence-corrected chi connectivity index (χ0v) is 12.8. The van der Waals surface area contributed by atoms with E-state index in [-0.39, 0.29) is 22.3 Å². The Hall–Kier alpha value is -2.62. The molecule has 0 aliphatic heterocycles. The van der Waals surface area contributed by atoms with Crippen molar-refractivity contribution in [3.8, 4) is 0 Å². The topological polar surface area (TPSA) is 72.2 Å². The largest absolute Gasteiger partial charge is 0.453 e. The number of halogens is 3. The van der Waals surface area contributed by atoms with E-state index in [4.69, 9.17) is 0 Å². The van der Waals surface area contributed by atoms with E-state index in [2.05, 4.69) is 20.6 Å². The van der Waals surface area contributed by atoms with Crippen LogP contribution in [-0.2, 0) is 11.0 Å². The number of amides is 1. The SMILES string of the molecule is O=C(CSc1ccc2nnc(C(F)(F)F)n2n1)Nc1ccccc1. The minimum atomic E-state index is -4.65. The van der Waals surface area contributed by atoms with Crippen LogP contribution < -0.4 is 5.32 Å². The second-order valence-electron chi connectivity index (χ2n) is 4.67. The zero-order valence-electron chi connectivity index (χ0n) is 12.0. The molecule has 1 aromatic carbocycles. The maximum atomic E-state index is 12.8. The van der Waals surface area contributed by atoms with Crippen molar-refractivity contribution in [3.05, 3.63) is 48.3 Å². The van der Waals surface area contributed by atoms with Crippen molar-refractivity contribution >= 4 is 29.0 Å². The van der Waals surface area contributed by atoms with Crippen molar-refractivity contribution < 1.29 is 18.0 Å². The first-order valence-electron chi connectivity index (χ1n) is 6.71. The van der Waals surface area contributed by atoms with Gasteiger partial charge in [-0.1, -0.05) is 30.0 Å². The number of aromatic nitrogens is 4. The van der Waals surface area contributed by atoms with Gasteiger partial charge in [-0.15, -0.1) is 10.2 Å². The van der Waals surface area contributed by atoms with Crippen LogP contribution in [0.25, 0.3) is 5.65 Å². The molecule has 0 saturated carbocycles. The minimum absolute atomic E-state index is 0.0108. The maximum absolute atomic E-state index is 12.8. The van der Waals surface area contributed by atoms with Gasteiger partial charge in [0.1, 0.15) is 5.03 Å². The van der Waals surface area contributed by atoms with Crippen molar-refractivity contribution in [2.45, 2.75) is 11.2 Å². The van der Waals surface area contributed by atoms with Gasteiger partial charge in [0, 0.05) is 5.69 Å². The molecule has 0 atom stereocenters. The Labute approximate surface area is 138 Å². The number of carbonyl (C=O) groups excluding carboxylic acids is 1. The van der Waals surface area contributed by atoms with E-state index in [1.54, 1.807) is 24.3 Å². The van der Waals surface area contributed by atoms with Gasteiger partial charge in [0.15, 0.2) is 5.65 Å². The van der Waals surface area contributed by atoms with Crippen LogP contribution >= 0.6 is 11.8 Å². The van der Waals surface area contributed by atoms with Gasteiger partial charge in [0.2, 0.25) is 5.91 Å². The second kappa shape index (κ2) is 6.48. The molecule has 0 unspecified atom stereocenters. The van der Waals surface area contributed by atoms with Crippen molar-refractivity contribution in [2.24, 2.45) is 0 Å². The summed E-state index contributed by atoms with van der Waals surface area (Å²) in [4.78, 5) is 11.9. The first-order valence-corrected chi connectivity index (χ1v) is 7.69. The van der Waals surface area contributed by atoms with Crippen LogP contribution in [0.15, 0.2) is 47.5 Å². The summed E-state index contributed by atoms with van der Waals surface area (Å²) in [6.45, 7) is 0. The monoisotopic (exact) mass is 353 g/mol. The van der Waals surface area contributed by atoms with Crippen LogP contribution in [0.1, 0.15) is 5.82 Å². The lowest BCUT2D eigenvalue weighted by atomic mass is 10.3. The van der Waals surface area contributed by atoms with Gasteiger partial charge >= 0.3 is 6.18 Å². The van der Waals surface area contributed by atoms with Crippen molar-refractivity contribution in [1.29, 1.82) is 0 Å². The molecule has 0 spiro atoms. The lowest BCUT2D eigenvalue weighted by molar-refractivity contribution is -0.146. The smallest absolute Gasteiger partial charge is 0.325 e. The summed E-state index contributed by atoms with van der Waals surface area (Å²) in [7, 11) is 0. The number of nitrogens with one attached hydrogen (secondary N) is 1. The fraction of sp³-hybridized carbons (Fsp3) is 0.143. The van der Waals surface area contributed by atoms with Gasteiger partial charge in [-0.2, -0.15) is 22.8 Å². The first-order chi connectivity index (χ1) is 11.4. The average Bonchev–Trinajstić information content (AvgIpc) is 2.97. The Morgan fingerprint density at radius 1 is 1.12 bits per heavy atom. The molecule has 0 aliphatic carbocycles. The van der Waals surface area contributed by atoms with Gasteiger partial charge in [-0.3, -0.25) is 4.79 Å². The third-order valence-corrected chi connectivity index (χ3v) is 3.82. The van der Waals surface area contributed by atoms with Crippen LogP contribution in [0, 0.1) is 0 Å². The number of alkyl halides is 3. The predicted molar refractivity (Wildman–Crippen MR) is 81.6 cm³/mol. The summed E-state index contributed by atoms with van der Waals surface area (Å²) >= 11 is 1.02. The van der Waals surface area contributed by atoms with E-state index in [1.807, 2.05) is 6.07 Å². The molecule has 0 aliphatic rings. The molecule has 0 radical (unpaired) electrons. The van der Waals surface area contributed by atoms with Crippen LogP contribution in [0.2, 0.25) is 0 Å². The molecule has 2 aromatic heterocycles. The lowest BCUT2D eigenvalue weighted by Crippen LogP contribution is -2.15. The van der Waals surface area contributed by atoms with E-state index in [0.717, 1.165) is 11.8 Å². The maximum Gasteiger partial charge on any atom is 0.453 e. The van der Waals surface area contributed by atoms with Gasteiger partial charge in [-0.25, -0.2) is 0 Å². The molecule has 3 aromatic rings. The standard InChI is InChI=1S/C14H10F3N5OS/c15-14(16,17)13-20-19-10-6-7-12(21-22(10)13)24-8-11(23)18-9-4-2-1-3-5-9/h1-7H,8H2,(H,18,23). The van der Waals surface area contributed by atoms with Gasteiger partial charge in [-0.05, 0) is 24.3 Å². The van der Waals surface area contributed by atoms with Crippen molar-refractivity contribution in [3.63, 3.8) is 0 Å². The van der Waals surface area contributed by atoms with E-state index in [1.165, 1.54) is 12.1 Å². The zero-order chi connectivity index (χ0) is 17.2. The number of fused-ring (bicyclic) bond motifs is 1. The molecule has 0 saturated heterocycles. The number of carbonyl (C=O) groups is 1. The van der Waals surface area contributed by atoms with E-state index in [9.17, 15) is 18.0 Å². The lowest BCUT2D eigenvalue weighted by Gasteiger charge is -2.06. The number of anilines is 1. The highest BCUT2D eigenvalue weighted by molar-refractivity contribution is 7.99. The van der Waals surface area contributed by atoms with Crippen LogP contribution in [-0.4, -0.2) is 31.5 Å². The molecule has 0 bridgehead atoms. The fourth-order valence-electron chi connectivity index (χ4n) is 1.88. The number of hydrogen-bond acceptors (Lipinski definition) is 5. The van der Waals surface area contributed by atoms with Crippen molar-refractivity contribution in [1.82, 2.24) is 19.8 Å². The minimum Gasteiger partial charge on any atom is -0.325 e. The Morgan fingerprint density at radius 3 is 2.58 bits per heavy atom. The van der Waals surface area contributed by atoms with E-state index in [0.29, 0.717) is 10.2 Å². The molecule has 124 valence electrons. The summed E-state index contributed by atoms with van der Waals surface area (Å²) in [5, 5.41) is 13.3. The van der Waals surface area contributed by atoms with Crippen LogP contribution in [0.4, 0.5) is 18.9 Å². The molecule has 2 heterocycles. The Morgan fingerprint density at radius 2 is 1.88 bits per heavy atom. The third-order valence-electron chi connectivity index (χ3n) is 2.90. The number of benzene rings is 1. The molecular formula is C14H10F3N5OS. The summed E-state index contributed by atoms with van der Waals surface area (Å²) in [5.74, 6) is -1.47. The molecule has 1 N–H and O–H groups in total. The highest BCUT2D eigenvalue weighted by atomic mass is 32.2. The Balaban J connectivity index is 1.70. The number of thioether (sulfide) groups is 1. The first kappa shape index (κ1) is 16.2. The van der Waals surface area contributed by atoms with E-state index >= 15 is 0 Å². The number of para-hydroxylation sites is 1. The Kier molecular flexibility index (Phi) is 4.38. The average molecular weight is 353 g/mol. The van der Waals surface area contributed by atoms with Crippen LogP contribution in [0.5, 0.6) is 0 Å². The number of nitrogens with zero attached hydrogens (tertiary/aromatic N) is 4. The quantitative estimate of drug-likeness (QED) is 0.730. The summed E-state index contributed by atoms with van der Waals surface area (Å²) < 4.78 is 39.0. The Bertz CT molecular complexity index is 866. The summed E-state index contributed by atoms with van der Waals surface area (Å²) in [6.07, 6.45) is -4.65. The molecule has 6 nitrogen and oxygen atoms in total. The fourth-order valence-corrected chi connectivity index (χ4v) is 2.54. The van der Waals surface area contributed by atoms with Crippen molar-refractivity contribution in [2.75, 3.05) is 11.1 Å². The molecular weight excluding hydrogens is 343 g/mol. The molecule has 24 heavy (non-hydrogen) atoms. The second-order valence-corrected chi connectivity index (χ2v) is 5.66. The molecule has 3 rings (SSSR count). The van der Waals surface area contributed by atoms with Gasteiger partial charge < -0.3 is 5.32 Å². The summed E-state index contributed by atoms with van der Waals surface area (Å²) in [6, 6.07) is 11.7. The normalized spacial score (nSPS) is 11.6. The van der Waals surface area contributed by atoms with Crippen LogP contribution in [0.3, 0.4) is 0 Å². The third kappa shape index (κ3) is 3.65. The highest BCUT2D eigenvalue weighted by Crippen LogP contribution is 2.28. The molecule has 10 heteroatoms.